The van der Waals surface area contributed by atoms with Gasteiger partial charge >= 0.3 is 6.03 Å². The van der Waals surface area contributed by atoms with Gasteiger partial charge in [-0.25, -0.2) is 9.78 Å². The fourth-order valence-corrected chi connectivity index (χ4v) is 4.22. The Morgan fingerprint density at radius 1 is 1.09 bits per heavy atom. The van der Waals surface area contributed by atoms with E-state index < -0.39 is 0 Å². The van der Waals surface area contributed by atoms with Crippen LogP contribution < -0.4 is 10.1 Å². The fourth-order valence-electron chi connectivity index (χ4n) is 4.22. The molecule has 0 aliphatic carbocycles. The Morgan fingerprint density at radius 2 is 1.88 bits per heavy atom. The molecule has 162 valence electrons. The molecule has 1 unspecified atom stereocenters. The number of aromatic nitrogens is 1. The van der Waals surface area contributed by atoms with Crippen molar-refractivity contribution in [1.82, 2.24) is 9.88 Å². The first-order valence-corrected chi connectivity index (χ1v) is 10.8. The maximum absolute atomic E-state index is 13.0. The number of hydrogen-bond acceptors (Lipinski definition) is 4. The van der Waals surface area contributed by atoms with Crippen molar-refractivity contribution in [2.75, 3.05) is 19.0 Å². The number of nitrogens with zero attached hydrogens (tertiary/aromatic N) is 2. The van der Waals surface area contributed by atoms with Crippen molar-refractivity contribution in [2.24, 2.45) is 0 Å². The molecule has 1 aromatic heterocycles. The van der Waals surface area contributed by atoms with E-state index in [-0.39, 0.29) is 12.1 Å². The number of nitrogens with one attached hydrogen (secondary N) is 1. The molecule has 2 heterocycles. The number of carbonyl (C=O) groups excluding carboxylic acids is 1. The van der Waals surface area contributed by atoms with Crippen LogP contribution in [0.15, 0.2) is 71.1 Å². The summed E-state index contributed by atoms with van der Waals surface area (Å²) in [4.78, 5) is 19.6. The molecule has 0 saturated carbocycles. The summed E-state index contributed by atoms with van der Waals surface area (Å²) in [6.45, 7) is 2.66. The molecule has 6 nitrogen and oxygen atoms in total. The fraction of sp³-hybridized carbons (Fsp3) is 0.231. The van der Waals surface area contributed by atoms with Crippen LogP contribution in [0.4, 0.5) is 10.5 Å². The quantitative estimate of drug-likeness (QED) is 0.422. The Balaban J connectivity index is 1.39. The number of para-hydroxylation sites is 1. The molecule has 1 N–H and O–H groups in total. The number of urea groups is 1. The highest BCUT2D eigenvalue weighted by atomic mass is 16.5. The number of anilines is 1. The number of benzene rings is 3. The number of oxazole rings is 1. The van der Waals surface area contributed by atoms with E-state index in [9.17, 15) is 4.79 Å². The lowest BCUT2D eigenvalue weighted by molar-refractivity contribution is 0.199. The van der Waals surface area contributed by atoms with Gasteiger partial charge in [0.05, 0.1) is 7.11 Å². The highest BCUT2D eigenvalue weighted by molar-refractivity contribution is 5.90. The largest absolute Gasteiger partial charge is 0.497 e. The van der Waals surface area contributed by atoms with Gasteiger partial charge in [0.1, 0.15) is 17.3 Å². The Bertz CT molecular complexity index is 1260. The number of methoxy groups -OCH3 is 1. The molecule has 32 heavy (non-hydrogen) atoms. The van der Waals surface area contributed by atoms with Gasteiger partial charge in [-0.1, -0.05) is 36.4 Å². The second kappa shape index (κ2) is 8.38. The maximum atomic E-state index is 13.0. The van der Waals surface area contributed by atoms with Gasteiger partial charge in [-0.2, -0.15) is 0 Å². The summed E-state index contributed by atoms with van der Waals surface area (Å²) in [5.41, 5.74) is 5.51. The van der Waals surface area contributed by atoms with Crippen LogP contribution in [0.5, 0.6) is 5.75 Å². The Labute approximate surface area is 186 Å². The molecule has 2 amide bonds. The van der Waals surface area contributed by atoms with Crippen LogP contribution in [0.2, 0.25) is 0 Å². The lowest BCUT2D eigenvalue weighted by atomic mass is 10.1. The summed E-state index contributed by atoms with van der Waals surface area (Å²) in [5, 5.41) is 3.03. The van der Waals surface area contributed by atoms with Crippen LogP contribution in [0, 0.1) is 6.92 Å². The smallest absolute Gasteiger partial charge is 0.322 e. The van der Waals surface area contributed by atoms with E-state index in [0.717, 1.165) is 52.1 Å². The van der Waals surface area contributed by atoms with Gasteiger partial charge in [0.25, 0.3) is 0 Å². The topological polar surface area (TPSA) is 67.6 Å². The number of ether oxygens (including phenoxy) is 1. The minimum absolute atomic E-state index is 0.122. The molecule has 1 atom stereocenters. The van der Waals surface area contributed by atoms with Crippen molar-refractivity contribution in [1.29, 1.82) is 0 Å². The minimum Gasteiger partial charge on any atom is -0.497 e. The first-order chi connectivity index (χ1) is 15.6. The van der Waals surface area contributed by atoms with E-state index in [0.29, 0.717) is 12.4 Å². The van der Waals surface area contributed by atoms with Gasteiger partial charge in [0.2, 0.25) is 5.89 Å². The van der Waals surface area contributed by atoms with Crippen LogP contribution in [-0.2, 0) is 0 Å². The molecular weight excluding hydrogens is 402 g/mol. The number of rotatable bonds is 4. The predicted octanol–water partition coefficient (Wildman–Crippen LogP) is 6.18. The van der Waals surface area contributed by atoms with Crippen molar-refractivity contribution in [3.05, 3.63) is 78.2 Å². The summed E-state index contributed by atoms with van der Waals surface area (Å²) in [6, 6.07) is 21.4. The number of likely N-dealkylation sites (tertiary alicyclic amines) is 1. The Hall–Kier alpha value is -3.80. The summed E-state index contributed by atoms with van der Waals surface area (Å²) < 4.78 is 11.3. The zero-order valence-corrected chi connectivity index (χ0v) is 18.2. The van der Waals surface area contributed by atoms with Gasteiger partial charge in [0, 0.05) is 12.2 Å². The lowest BCUT2D eigenvalue weighted by Gasteiger charge is -2.23. The molecular formula is C26H25N3O3. The van der Waals surface area contributed by atoms with Crippen molar-refractivity contribution in [3.8, 4) is 16.9 Å². The van der Waals surface area contributed by atoms with E-state index in [2.05, 4.69) is 5.32 Å². The summed E-state index contributed by atoms with van der Waals surface area (Å²) >= 11 is 0. The summed E-state index contributed by atoms with van der Waals surface area (Å²) in [7, 11) is 1.66. The van der Waals surface area contributed by atoms with E-state index in [1.54, 1.807) is 7.11 Å². The van der Waals surface area contributed by atoms with Crippen LogP contribution in [0.1, 0.15) is 30.3 Å². The molecule has 1 aliphatic rings. The van der Waals surface area contributed by atoms with Crippen LogP contribution in [0.25, 0.3) is 22.2 Å². The predicted molar refractivity (Wildman–Crippen MR) is 125 cm³/mol. The van der Waals surface area contributed by atoms with E-state index in [1.165, 1.54) is 0 Å². The molecule has 5 rings (SSSR count). The number of aryl methyl sites for hydroxylation is 1. The second-order valence-corrected chi connectivity index (χ2v) is 8.06. The standard InChI is InChI=1S/C26H25N3O3/c1-17-6-3-4-7-21(17)28-26(30)29-15-5-8-23(29)25-27-22-16-19(11-14-24(22)32-25)18-9-12-20(31-2)13-10-18/h3-4,6-7,9-14,16,23H,5,8,15H2,1-2H3,(H,28,30). The third kappa shape index (κ3) is 3.80. The lowest BCUT2D eigenvalue weighted by Crippen LogP contribution is -2.34. The molecule has 1 saturated heterocycles. The maximum Gasteiger partial charge on any atom is 0.322 e. The highest BCUT2D eigenvalue weighted by Crippen LogP contribution is 2.35. The summed E-state index contributed by atoms with van der Waals surface area (Å²) in [5.74, 6) is 1.41. The van der Waals surface area contributed by atoms with Crippen molar-refractivity contribution >= 4 is 22.8 Å². The van der Waals surface area contributed by atoms with Crippen LogP contribution in [0.3, 0.4) is 0 Å². The number of amides is 2. The minimum atomic E-state index is -0.171. The third-order valence-corrected chi connectivity index (χ3v) is 6.01. The molecule has 0 bridgehead atoms. The third-order valence-electron chi connectivity index (χ3n) is 6.01. The SMILES string of the molecule is COc1ccc(-c2ccc3oc(C4CCCN4C(=O)Nc4ccccc4C)nc3c2)cc1. The first kappa shape index (κ1) is 20.1. The zero-order chi connectivity index (χ0) is 22.1. The number of carbonyl (C=O) groups is 1. The monoisotopic (exact) mass is 427 g/mol. The molecule has 0 radical (unpaired) electrons. The van der Waals surface area contributed by atoms with Crippen LogP contribution >= 0.6 is 0 Å². The normalized spacial score (nSPS) is 15.8. The van der Waals surface area contributed by atoms with Gasteiger partial charge < -0.3 is 19.4 Å². The van der Waals surface area contributed by atoms with E-state index in [1.807, 2.05) is 78.6 Å². The van der Waals surface area contributed by atoms with Gasteiger partial charge in [-0.15, -0.1) is 0 Å². The molecule has 4 aromatic rings. The van der Waals surface area contributed by atoms with E-state index >= 15 is 0 Å². The molecule has 1 aliphatic heterocycles. The highest BCUT2D eigenvalue weighted by Gasteiger charge is 2.33. The van der Waals surface area contributed by atoms with Gasteiger partial charge in [0.15, 0.2) is 5.58 Å². The number of hydrogen-bond donors (Lipinski definition) is 1. The molecule has 1 fully saturated rings. The number of fused-ring (bicyclic) bond motifs is 1. The van der Waals surface area contributed by atoms with Gasteiger partial charge in [-0.05, 0) is 66.8 Å². The van der Waals surface area contributed by atoms with Crippen LogP contribution in [-0.4, -0.2) is 29.6 Å². The summed E-state index contributed by atoms with van der Waals surface area (Å²) in [6.07, 6.45) is 1.75. The van der Waals surface area contributed by atoms with Crippen molar-refractivity contribution < 1.29 is 13.9 Å². The Morgan fingerprint density at radius 3 is 2.66 bits per heavy atom. The Kier molecular flexibility index (Phi) is 5.27. The average molecular weight is 428 g/mol. The van der Waals surface area contributed by atoms with Crippen molar-refractivity contribution in [2.45, 2.75) is 25.8 Å². The zero-order valence-electron chi connectivity index (χ0n) is 18.2. The first-order valence-electron chi connectivity index (χ1n) is 10.8. The molecule has 3 aromatic carbocycles. The molecule has 0 spiro atoms. The molecule has 6 heteroatoms. The second-order valence-electron chi connectivity index (χ2n) is 8.06. The van der Waals surface area contributed by atoms with Crippen molar-refractivity contribution in [3.63, 3.8) is 0 Å². The van der Waals surface area contributed by atoms with Gasteiger partial charge in [-0.3, -0.25) is 0 Å². The van der Waals surface area contributed by atoms with E-state index in [4.69, 9.17) is 14.1 Å². The average Bonchev–Trinajstić information content (AvgIpc) is 3.47.